The van der Waals surface area contributed by atoms with E-state index >= 15 is 0 Å². The molecule has 3 aliphatic rings. The predicted molar refractivity (Wildman–Crippen MR) is 127 cm³/mol. The maximum Gasteiger partial charge on any atom is 0.254 e. The Morgan fingerprint density at radius 3 is 2.61 bits per heavy atom. The predicted octanol–water partition coefficient (Wildman–Crippen LogP) is 3.19. The van der Waals surface area contributed by atoms with Crippen LogP contribution in [-0.2, 0) is 16.1 Å². The SMILES string of the molecule is O=C1CCCC[C@]2(CN(C(=O)c3ccccc3CN3CCOCC3)C[C@H]2c2ccccc2)N1. The molecular weight excluding hydrogens is 414 g/mol. The third kappa shape index (κ3) is 4.68. The van der Waals surface area contributed by atoms with Crippen LogP contribution in [0.15, 0.2) is 54.6 Å². The van der Waals surface area contributed by atoms with Gasteiger partial charge >= 0.3 is 0 Å². The Morgan fingerprint density at radius 1 is 1.03 bits per heavy atom. The summed E-state index contributed by atoms with van der Waals surface area (Å²) in [5, 5.41) is 3.36. The molecule has 174 valence electrons. The summed E-state index contributed by atoms with van der Waals surface area (Å²) >= 11 is 0. The summed E-state index contributed by atoms with van der Waals surface area (Å²) in [6, 6.07) is 18.3. The van der Waals surface area contributed by atoms with Crippen molar-refractivity contribution in [1.29, 1.82) is 0 Å². The number of likely N-dealkylation sites (tertiary alicyclic amines) is 1. The van der Waals surface area contributed by atoms with Gasteiger partial charge in [0.25, 0.3) is 5.91 Å². The van der Waals surface area contributed by atoms with Crippen molar-refractivity contribution in [1.82, 2.24) is 15.1 Å². The molecule has 3 aliphatic heterocycles. The molecule has 0 bridgehead atoms. The second-order valence-corrected chi connectivity index (χ2v) is 9.61. The van der Waals surface area contributed by atoms with Crippen LogP contribution in [0.4, 0.5) is 0 Å². The van der Waals surface area contributed by atoms with E-state index in [0.29, 0.717) is 19.5 Å². The van der Waals surface area contributed by atoms with E-state index in [1.54, 1.807) is 0 Å². The number of morpholine rings is 1. The summed E-state index contributed by atoms with van der Waals surface area (Å²) in [7, 11) is 0. The zero-order valence-electron chi connectivity index (χ0n) is 19.2. The minimum absolute atomic E-state index is 0.0650. The summed E-state index contributed by atoms with van der Waals surface area (Å²) in [4.78, 5) is 30.8. The van der Waals surface area contributed by atoms with Crippen LogP contribution in [0.5, 0.6) is 0 Å². The lowest BCUT2D eigenvalue weighted by Gasteiger charge is -2.34. The van der Waals surface area contributed by atoms with Crippen molar-refractivity contribution in [2.24, 2.45) is 0 Å². The summed E-state index contributed by atoms with van der Waals surface area (Å²) in [5.41, 5.74) is 2.62. The zero-order valence-corrected chi connectivity index (χ0v) is 19.2. The number of carbonyl (C=O) groups excluding carboxylic acids is 2. The Bertz CT molecular complexity index is 989. The third-order valence-electron chi connectivity index (χ3n) is 7.44. The smallest absolute Gasteiger partial charge is 0.254 e. The topological polar surface area (TPSA) is 61.9 Å². The minimum atomic E-state index is -0.399. The first-order valence-electron chi connectivity index (χ1n) is 12.2. The highest BCUT2D eigenvalue weighted by Gasteiger charge is 2.50. The molecule has 5 rings (SSSR count). The summed E-state index contributed by atoms with van der Waals surface area (Å²) < 4.78 is 5.48. The minimum Gasteiger partial charge on any atom is -0.379 e. The molecule has 0 saturated carbocycles. The summed E-state index contributed by atoms with van der Waals surface area (Å²) in [6.07, 6.45) is 3.38. The highest BCUT2D eigenvalue weighted by molar-refractivity contribution is 5.96. The van der Waals surface area contributed by atoms with Crippen molar-refractivity contribution in [3.05, 3.63) is 71.3 Å². The van der Waals surface area contributed by atoms with Crippen molar-refractivity contribution in [2.45, 2.75) is 43.7 Å². The lowest BCUT2D eigenvalue weighted by Crippen LogP contribution is -2.52. The number of rotatable bonds is 4. The van der Waals surface area contributed by atoms with E-state index in [1.165, 1.54) is 5.56 Å². The molecule has 6 nitrogen and oxygen atoms in total. The van der Waals surface area contributed by atoms with E-state index in [-0.39, 0.29) is 17.7 Å². The van der Waals surface area contributed by atoms with E-state index in [9.17, 15) is 9.59 Å². The van der Waals surface area contributed by atoms with Gasteiger partial charge in [0.05, 0.1) is 18.8 Å². The van der Waals surface area contributed by atoms with E-state index in [0.717, 1.165) is 63.2 Å². The summed E-state index contributed by atoms with van der Waals surface area (Å²) in [5.74, 6) is 0.265. The molecule has 0 radical (unpaired) electrons. The van der Waals surface area contributed by atoms with Gasteiger partial charge in [-0.25, -0.2) is 0 Å². The van der Waals surface area contributed by atoms with Crippen LogP contribution in [0.3, 0.4) is 0 Å². The normalized spacial score (nSPS) is 26.2. The monoisotopic (exact) mass is 447 g/mol. The third-order valence-corrected chi connectivity index (χ3v) is 7.44. The van der Waals surface area contributed by atoms with Gasteiger partial charge in [-0.2, -0.15) is 0 Å². The largest absolute Gasteiger partial charge is 0.379 e. The second kappa shape index (κ2) is 9.65. The molecule has 0 aliphatic carbocycles. The molecule has 2 aromatic carbocycles. The van der Waals surface area contributed by atoms with Crippen LogP contribution in [0.25, 0.3) is 0 Å². The molecule has 2 amide bonds. The molecule has 3 fully saturated rings. The Hall–Kier alpha value is -2.70. The molecule has 0 unspecified atom stereocenters. The number of nitrogens with one attached hydrogen (secondary N) is 1. The van der Waals surface area contributed by atoms with Gasteiger partial charge in [0.1, 0.15) is 0 Å². The fraction of sp³-hybridized carbons (Fsp3) is 0.481. The Morgan fingerprint density at radius 2 is 1.79 bits per heavy atom. The fourth-order valence-corrected chi connectivity index (χ4v) is 5.72. The molecule has 1 N–H and O–H groups in total. The number of hydrogen-bond donors (Lipinski definition) is 1. The lowest BCUT2D eigenvalue weighted by atomic mass is 9.79. The van der Waals surface area contributed by atoms with Gasteiger partial charge in [-0.1, -0.05) is 55.0 Å². The standard InChI is InChI=1S/C27H33N3O3/c31-25-12-6-7-13-27(28-25)20-30(19-24(27)21-8-2-1-3-9-21)26(32)23-11-5-4-10-22(23)18-29-14-16-33-17-15-29/h1-5,8-11,24H,6-7,12-20H2,(H,28,31)/t24-,27+/m0/s1. The Balaban J connectivity index is 1.43. The van der Waals surface area contributed by atoms with Gasteiger partial charge in [-0.3, -0.25) is 14.5 Å². The van der Waals surface area contributed by atoms with Crippen LogP contribution in [0.2, 0.25) is 0 Å². The maximum absolute atomic E-state index is 13.8. The van der Waals surface area contributed by atoms with E-state index in [2.05, 4.69) is 28.4 Å². The first-order chi connectivity index (χ1) is 16.1. The first-order valence-corrected chi connectivity index (χ1v) is 12.2. The number of nitrogens with zero attached hydrogens (tertiary/aromatic N) is 2. The maximum atomic E-state index is 13.8. The van der Waals surface area contributed by atoms with Crippen molar-refractivity contribution in [3.63, 3.8) is 0 Å². The van der Waals surface area contributed by atoms with Gasteiger partial charge in [0, 0.05) is 50.6 Å². The van der Waals surface area contributed by atoms with E-state index < -0.39 is 5.54 Å². The number of hydrogen-bond acceptors (Lipinski definition) is 4. The molecule has 3 saturated heterocycles. The van der Waals surface area contributed by atoms with Crippen molar-refractivity contribution in [2.75, 3.05) is 39.4 Å². The van der Waals surface area contributed by atoms with Gasteiger partial charge in [-0.05, 0) is 30.0 Å². The number of carbonyl (C=O) groups is 2. The molecule has 0 aromatic heterocycles. The molecule has 6 heteroatoms. The molecule has 2 atom stereocenters. The first kappa shape index (κ1) is 22.1. The number of ether oxygens (including phenoxy) is 1. The Labute approximate surface area is 195 Å². The van der Waals surface area contributed by atoms with Crippen LogP contribution in [0.1, 0.15) is 53.1 Å². The van der Waals surface area contributed by atoms with Crippen LogP contribution >= 0.6 is 0 Å². The number of benzene rings is 2. The number of amides is 2. The average molecular weight is 448 g/mol. The molecule has 2 aromatic rings. The molecule has 33 heavy (non-hydrogen) atoms. The molecule has 1 spiro atoms. The summed E-state index contributed by atoms with van der Waals surface area (Å²) in [6.45, 7) is 5.18. The van der Waals surface area contributed by atoms with Gasteiger partial charge in [-0.15, -0.1) is 0 Å². The lowest BCUT2D eigenvalue weighted by molar-refractivity contribution is -0.122. The quantitative estimate of drug-likeness (QED) is 0.782. The highest BCUT2D eigenvalue weighted by Crippen LogP contribution is 2.41. The van der Waals surface area contributed by atoms with E-state index in [4.69, 9.17) is 4.74 Å². The fourth-order valence-electron chi connectivity index (χ4n) is 5.72. The van der Waals surface area contributed by atoms with Crippen molar-refractivity contribution < 1.29 is 14.3 Å². The second-order valence-electron chi connectivity index (χ2n) is 9.61. The molecule has 3 heterocycles. The van der Waals surface area contributed by atoms with E-state index in [1.807, 2.05) is 41.3 Å². The highest BCUT2D eigenvalue weighted by atomic mass is 16.5. The average Bonchev–Trinajstić information content (AvgIpc) is 3.11. The zero-order chi connectivity index (χ0) is 22.7. The van der Waals surface area contributed by atoms with Crippen molar-refractivity contribution in [3.8, 4) is 0 Å². The molecular formula is C27H33N3O3. The van der Waals surface area contributed by atoms with Gasteiger partial charge in [0.15, 0.2) is 0 Å². The van der Waals surface area contributed by atoms with Crippen LogP contribution < -0.4 is 5.32 Å². The van der Waals surface area contributed by atoms with Gasteiger partial charge < -0.3 is 15.0 Å². The van der Waals surface area contributed by atoms with Crippen LogP contribution in [0, 0.1) is 0 Å². The Kier molecular flexibility index (Phi) is 6.47. The van der Waals surface area contributed by atoms with Crippen LogP contribution in [-0.4, -0.2) is 66.5 Å². The van der Waals surface area contributed by atoms with Crippen molar-refractivity contribution >= 4 is 11.8 Å². The van der Waals surface area contributed by atoms with Gasteiger partial charge in [0.2, 0.25) is 5.91 Å².